The first kappa shape index (κ1) is 20.8. The highest BCUT2D eigenvalue weighted by molar-refractivity contribution is 5.68. The summed E-state index contributed by atoms with van der Waals surface area (Å²) in [5.41, 5.74) is 0.994. The molecule has 0 aliphatic heterocycles. The number of nitrogens with one attached hydrogen (secondary N) is 2. The van der Waals surface area contributed by atoms with Crippen LogP contribution in [-0.2, 0) is 4.74 Å². The Labute approximate surface area is 170 Å². The smallest absolute Gasteiger partial charge is 0.407 e. The Bertz CT molecular complexity index is 796. The lowest BCUT2D eigenvalue weighted by molar-refractivity contribution is 0.0492. The molecule has 29 heavy (non-hydrogen) atoms. The third-order valence-electron chi connectivity index (χ3n) is 4.56. The molecule has 0 atom stereocenters. The molecule has 9 nitrogen and oxygen atoms in total. The van der Waals surface area contributed by atoms with E-state index in [-0.39, 0.29) is 12.1 Å². The molecule has 156 valence electrons. The molecule has 2 aromatic heterocycles. The number of hydrogen-bond acceptors (Lipinski definition) is 8. The summed E-state index contributed by atoms with van der Waals surface area (Å²) in [7, 11) is 1.52. The molecule has 1 amide bonds. The normalized spacial score (nSPS) is 19.3. The molecule has 9 heteroatoms. The summed E-state index contributed by atoms with van der Waals surface area (Å²) < 4.78 is 10.3. The Kier molecular flexibility index (Phi) is 6.46. The van der Waals surface area contributed by atoms with E-state index in [4.69, 9.17) is 9.47 Å². The molecule has 1 saturated carbocycles. The third kappa shape index (κ3) is 6.27. The topological polar surface area (TPSA) is 111 Å². The van der Waals surface area contributed by atoms with Crippen molar-refractivity contribution in [1.29, 1.82) is 0 Å². The molecule has 0 radical (unpaired) electrons. The van der Waals surface area contributed by atoms with Gasteiger partial charge in [-0.1, -0.05) is 0 Å². The van der Waals surface area contributed by atoms with Gasteiger partial charge in [0.25, 0.3) is 0 Å². The highest BCUT2D eigenvalue weighted by Gasteiger charge is 2.25. The number of ether oxygens (including phenoxy) is 2. The van der Waals surface area contributed by atoms with Crippen molar-refractivity contribution in [3.05, 3.63) is 24.8 Å². The summed E-state index contributed by atoms with van der Waals surface area (Å²) in [4.78, 5) is 29.0. The molecule has 2 N–H and O–H groups in total. The van der Waals surface area contributed by atoms with E-state index >= 15 is 0 Å². The number of anilines is 1. The summed E-state index contributed by atoms with van der Waals surface area (Å²) in [5.74, 6) is 0.728. The van der Waals surface area contributed by atoms with Crippen LogP contribution in [0.5, 0.6) is 6.01 Å². The Morgan fingerprint density at radius 2 is 1.62 bits per heavy atom. The fraction of sp³-hybridized carbons (Fsp3) is 0.550. The number of rotatable bonds is 5. The summed E-state index contributed by atoms with van der Waals surface area (Å²) in [6, 6.07) is 0.763. The molecular formula is C20H28N6O3. The highest BCUT2D eigenvalue weighted by Crippen LogP contribution is 2.23. The maximum absolute atomic E-state index is 11.9. The molecule has 0 bridgehead atoms. The summed E-state index contributed by atoms with van der Waals surface area (Å²) in [6.07, 6.45) is 10.0. The average Bonchev–Trinajstić information content (AvgIpc) is 2.69. The van der Waals surface area contributed by atoms with Gasteiger partial charge in [-0.3, -0.25) is 4.98 Å². The minimum absolute atomic E-state index is 0.145. The van der Waals surface area contributed by atoms with Crippen LogP contribution in [-0.4, -0.2) is 50.8 Å². The molecule has 2 heterocycles. The molecule has 3 rings (SSSR count). The van der Waals surface area contributed by atoms with Crippen molar-refractivity contribution in [2.75, 3.05) is 12.4 Å². The van der Waals surface area contributed by atoms with Gasteiger partial charge in [0.05, 0.1) is 25.2 Å². The zero-order chi connectivity index (χ0) is 20.9. The maximum Gasteiger partial charge on any atom is 0.407 e. The number of hydrogen-bond donors (Lipinski definition) is 2. The van der Waals surface area contributed by atoms with Gasteiger partial charge in [-0.05, 0) is 46.5 Å². The van der Waals surface area contributed by atoms with Crippen LogP contribution in [0.15, 0.2) is 24.8 Å². The van der Waals surface area contributed by atoms with Crippen LogP contribution in [0.3, 0.4) is 0 Å². The Balaban J connectivity index is 1.47. The van der Waals surface area contributed by atoms with E-state index in [2.05, 4.69) is 30.6 Å². The Morgan fingerprint density at radius 1 is 0.966 bits per heavy atom. The predicted molar refractivity (Wildman–Crippen MR) is 109 cm³/mol. The Morgan fingerprint density at radius 3 is 2.17 bits per heavy atom. The van der Waals surface area contributed by atoms with Gasteiger partial charge in [0.15, 0.2) is 0 Å². The van der Waals surface area contributed by atoms with Crippen molar-refractivity contribution in [2.24, 2.45) is 0 Å². The number of amides is 1. The fourth-order valence-corrected chi connectivity index (χ4v) is 3.17. The molecule has 2 aromatic rings. The average molecular weight is 400 g/mol. The molecule has 0 saturated heterocycles. The second-order valence-electron chi connectivity index (χ2n) is 8.08. The van der Waals surface area contributed by atoms with E-state index in [0.29, 0.717) is 17.7 Å². The fourth-order valence-electron chi connectivity index (χ4n) is 3.17. The number of carbonyl (C=O) groups is 1. The SMILES string of the molecule is COc1ncc(-c2cnc(N[C@H]3CC[C@H](NC(=O)OC(C)(C)C)CC3)cn2)cn1. The summed E-state index contributed by atoms with van der Waals surface area (Å²) in [5, 5.41) is 6.38. The van der Waals surface area contributed by atoms with E-state index in [1.54, 1.807) is 24.8 Å². The van der Waals surface area contributed by atoms with Crippen LogP contribution in [0.1, 0.15) is 46.5 Å². The molecule has 0 unspecified atom stereocenters. The van der Waals surface area contributed by atoms with Gasteiger partial charge < -0.3 is 20.1 Å². The van der Waals surface area contributed by atoms with Gasteiger partial charge in [-0.25, -0.2) is 19.7 Å². The van der Waals surface area contributed by atoms with E-state index in [0.717, 1.165) is 37.1 Å². The van der Waals surface area contributed by atoms with E-state index in [1.807, 2.05) is 20.8 Å². The second kappa shape index (κ2) is 9.02. The zero-order valence-corrected chi connectivity index (χ0v) is 17.3. The van der Waals surface area contributed by atoms with Crippen LogP contribution in [0, 0.1) is 0 Å². The van der Waals surface area contributed by atoms with Crippen molar-refractivity contribution in [3.8, 4) is 17.3 Å². The van der Waals surface area contributed by atoms with E-state index in [9.17, 15) is 4.79 Å². The first-order valence-electron chi connectivity index (χ1n) is 9.77. The van der Waals surface area contributed by atoms with Crippen molar-refractivity contribution in [2.45, 2.75) is 64.1 Å². The molecule has 0 spiro atoms. The first-order valence-corrected chi connectivity index (χ1v) is 9.77. The number of methoxy groups -OCH3 is 1. The van der Waals surface area contributed by atoms with Gasteiger partial charge in [0, 0.05) is 30.0 Å². The maximum atomic E-state index is 11.9. The minimum Gasteiger partial charge on any atom is -0.467 e. The quantitative estimate of drug-likeness (QED) is 0.787. The van der Waals surface area contributed by atoms with Crippen molar-refractivity contribution in [3.63, 3.8) is 0 Å². The van der Waals surface area contributed by atoms with Crippen molar-refractivity contribution in [1.82, 2.24) is 25.3 Å². The molecule has 1 aliphatic carbocycles. The van der Waals surface area contributed by atoms with E-state index in [1.165, 1.54) is 7.11 Å². The largest absolute Gasteiger partial charge is 0.467 e. The van der Waals surface area contributed by atoms with Crippen molar-refractivity contribution < 1.29 is 14.3 Å². The standard InChI is InChI=1S/C20H28N6O3/c1-20(2,3)29-19(27)26-15-7-5-14(6-8-15)25-17-12-21-16(11-22-17)13-9-23-18(28-4)24-10-13/h9-12,14-15H,5-8H2,1-4H3,(H,22,25)(H,26,27)/t14-,15-. The zero-order valence-electron chi connectivity index (χ0n) is 17.3. The highest BCUT2D eigenvalue weighted by atomic mass is 16.6. The third-order valence-corrected chi connectivity index (χ3v) is 4.56. The molecule has 1 fully saturated rings. The van der Waals surface area contributed by atoms with Gasteiger partial charge in [-0.15, -0.1) is 0 Å². The number of aromatic nitrogens is 4. The minimum atomic E-state index is -0.481. The van der Waals surface area contributed by atoms with Crippen LogP contribution in [0.25, 0.3) is 11.3 Å². The van der Waals surface area contributed by atoms with Crippen LogP contribution >= 0.6 is 0 Å². The summed E-state index contributed by atoms with van der Waals surface area (Å²) in [6.45, 7) is 5.59. The second-order valence-corrected chi connectivity index (χ2v) is 8.08. The predicted octanol–water partition coefficient (Wildman–Crippen LogP) is 3.19. The van der Waals surface area contributed by atoms with Gasteiger partial charge in [0.2, 0.25) is 0 Å². The monoisotopic (exact) mass is 400 g/mol. The van der Waals surface area contributed by atoms with Crippen molar-refractivity contribution >= 4 is 11.9 Å². The molecule has 0 aromatic carbocycles. The van der Waals surface area contributed by atoms with Gasteiger partial charge >= 0.3 is 12.1 Å². The number of alkyl carbamates (subject to hydrolysis) is 1. The van der Waals surface area contributed by atoms with E-state index < -0.39 is 5.60 Å². The summed E-state index contributed by atoms with van der Waals surface area (Å²) >= 11 is 0. The lowest BCUT2D eigenvalue weighted by atomic mass is 9.91. The molecule has 1 aliphatic rings. The number of nitrogens with zero attached hydrogens (tertiary/aromatic N) is 4. The first-order chi connectivity index (χ1) is 13.8. The van der Waals surface area contributed by atoms with Crippen LogP contribution in [0.4, 0.5) is 10.6 Å². The lowest BCUT2D eigenvalue weighted by Gasteiger charge is -2.30. The number of carbonyl (C=O) groups excluding carboxylic acids is 1. The lowest BCUT2D eigenvalue weighted by Crippen LogP contribution is -2.42. The van der Waals surface area contributed by atoms with Gasteiger partial charge in [0.1, 0.15) is 11.4 Å². The Hall–Kier alpha value is -2.97. The van der Waals surface area contributed by atoms with Crippen LogP contribution in [0.2, 0.25) is 0 Å². The molecular weight excluding hydrogens is 372 g/mol. The van der Waals surface area contributed by atoms with Gasteiger partial charge in [-0.2, -0.15) is 0 Å². The van der Waals surface area contributed by atoms with Crippen LogP contribution < -0.4 is 15.4 Å².